The van der Waals surface area contributed by atoms with E-state index in [1.165, 1.54) is 12.8 Å². The van der Waals surface area contributed by atoms with Crippen molar-refractivity contribution in [3.63, 3.8) is 0 Å². The van der Waals surface area contributed by atoms with E-state index in [1.807, 2.05) is 4.90 Å². The van der Waals surface area contributed by atoms with Gasteiger partial charge in [-0.15, -0.1) is 6.42 Å². The molecule has 2 fully saturated rings. The summed E-state index contributed by atoms with van der Waals surface area (Å²) in [5, 5.41) is 0. The molecular weight excluding hydrogens is 266 g/mol. The zero-order chi connectivity index (χ0) is 14.8. The Morgan fingerprint density at radius 2 is 2.05 bits per heavy atom. The number of amides is 1. The van der Waals surface area contributed by atoms with Gasteiger partial charge in [0.1, 0.15) is 6.61 Å². The molecular formula is C17H19NO3. The van der Waals surface area contributed by atoms with Gasteiger partial charge in [0.2, 0.25) is 0 Å². The first-order valence-corrected chi connectivity index (χ1v) is 7.33. The first-order valence-electron chi connectivity index (χ1n) is 7.33. The van der Waals surface area contributed by atoms with Crippen LogP contribution in [0.15, 0.2) is 18.2 Å². The Hall–Kier alpha value is -2.15. The lowest BCUT2D eigenvalue weighted by Gasteiger charge is -2.11. The lowest BCUT2D eigenvalue weighted by molar-refractivity contribution is 0.0864. The van der Waals surface area contributed by atoms with Crippen LogP contribution in [0.25, 0.3) is 0 Å². The summed E-state index contributed by atoms with van der Waals surface area (Å²) in [5.41, 5.74) is 0.648. The van der Waals surface area contributed by atoms with E-state index in [0.717, 1.165) is 12.8 Å². The zero-order valence-corrected chi connectivity index (χ0v) is 12.2. The maximum atomic E-state index is 12.6. The summed E-state index contributed by atoms with van der Waals surface area (Å²) in [5.74, 6) is 3.61. The third kappa shape index (κ3) is 2.56. The van der Waals surface area contributed by atoms with Gasteiger partial charge in [0.05, 0.1) is 19.2 Å². The van der Waals surface area contributed by atoms with Crippen molar-refractivity contribution >= 4 is 5.91 Å². The second-order valence-electron chi connectivity index (χ2n) is 5.49. The molecule has 1 aromatic rings. The second kappa shape index (κ2) is 5.69. The summed E-state index contributed by atoms with van der Waals surface area (Å²) in [4.78, 5) is 14.6. The van der Waals surface area contributed by atoms with Gasteiger partial charge >= 0.3 is 0 Å². The van der Waals surface area contributed by atoms with Crippen LogP contribution < -0.4 is 9.47 Å². The van der Waals surface area contributed by atoms with Crippen LogP contribution in [-0.2, 0) is 0 Å². The lowest BCUT2D eigenvalue weighted by atomic mass is 10.0. The highest BCUT2D eigenvalue weighted by Gasteiger charge is 2.51. The Labute approximate surface area is 125 Å². The number of benzene rings is 1. The number of rotatable bonds is 4. The van der Waals surface area contributed by atoms with Crippen molar-refractivity contribution in [1.82, 2.24) is 4.90 Å². The van der Waals surface area contributed by atoms with Crippen LogP contribution in [0.4, 0.5) is 0 Å². The van der Waals surface area contributed by atoms with Crippen molar-refractivity contribution < 1.29 is 14.3 Å². The molecule has 1 aromatic carbocycles. The number of hydrogen-bond acceptors (Lipinski definition) is 3. The first-order chi connectivity index (χ1) is 10.3. The molecule has 1 aliphatic carbocycles. The third-order valence-corrected chi connectivity index (χ3v) is 4.27. The van der Waals surface area contributed by atoms with Crippen LogP contribution in [0.1, 0.15) is 36.0 Å². The first kappa shape index (κ1) is 13.8. The van der Waals surface area contributed by atoms with Gasteiger partial charge < -0.3 is 14.4 Å². The van der Waals surface area contributed by atoms with Crippen LogP contribution in [0.5, 0.6) is 11.5 Å². The van der Waals surface area contributed by atoms with E-state index < -0.39 is 0 Å². The maximum Gasteiger partial charge on any atom is 0.254 e. The topological polar surface area (TPSA) is 38.5 Å². The molecule has 21 heavy (non-hydrogen) atoms. The molecule has 1 saturated heterocycles. The van der Waals surface area contributed by atoms with Gasteiger partial charge in [-0.1, -0.05) is 18.8 Å². The van der Waals surface area contributed by atoms with Crippen molar-refractivity contribution in [3.05, 3.63) is 23.8 Å². The molecule has 4 nitrogen and oxygen atoms in total. The van der Waals surface area contributed by atoms with E-state index in [0.29, 0.717) is 29.1 Å². The summed E-state index contributed by atoms with van der Waals surface area (Å²) < 4.78 is 10.7. The van der Waals surface area contributed by atoms with Crippen molar-refractivity contribution in [1.29, 1.82) is 0 Å². The second-order valence-corrected chi connectivity index (χ2v) is 5.49. The van der Waals surface area contributed by atoms with Crippen LogP contribution in [0, 0.1) is 12.3 Å². The van der Waals surface area contributed by atoms with E-state index in [2.05, 4.69) is 5.92 Å². The van der Waals surface area contributed by atoms with Crippen molar-refractivity contribution in [3.8, 4) is 23.8 Å². The number of likely N-dealkylation sites (tertiary alicyclic amines) is 1. The molecule has 0 radical (unpaired) electrons. The molecule has 2 atom stereocenters. The molecule has 2 aliphatic rings. The van der Waals surface area contributed by atoms with Gasteiger partial charge in [-0.25, -0.2) is 0 Å². The average molecular weight is 285 g/mol. The van der Waals surface area contributed by atoms with Crippen molar-refractivity contribution in [2.75, 3.05) is 13.7 Å². The van der Waals surface area contributed by atoms with Gasteiger partial charge in [0.15, 0.2) is 11.5 Å². The Kier molecular flexibility index (Phi) is 3.74. The molecule has 0 spiro atoms. The minimum absolute atomic E-state index is 0.0914. The predicted molar refractivity (Wildman–Crippen MR) is 79.5 cm³/mol. The van der Waals surface area contributed by atoms with E-state index in [4.69, 9.17) is 15.9 Å². The molecule has 3 rings (SSSR count). The number of hydrogen-bond donors (Lipinski definition) is 0. The highest BCUT2D eigenvalue weighted by Crippen LogP contribution is 2.42. The van der Waals surface area contributed by atoms with Gasteiger partial charge in [0.25, 0.3) is 5.91 Å². The predicted octanol–water partition coefficient (Wildman–Crippen LogP) is 2.47. The molecule has 4 heteroatoms. The molecule has 2 unspecified atom stereocenters. The fraction of sp³-hybridized carbons (Fsp3) is 0.471. The molecule has 1 amide bonds. The monoisotopic (exact) mass is 285 g/mol. The molecule has 0 N–H and O–H groups in total. The molecule has 0 aromatic heterocycles. The van der Waals surface area contributed by atoms with Gasteiger partial charge in [-0.3, -0.25) is 4.79 Å². The van der Waals surface area contributed by atoms with Crippen LogP contribution in [0.2, 0.25) is 0 Å². The molecule has 0 bridgehead atoms. The minimum atomic E-state index is 0.0914. The van der Waals surface area contributed by atoms with Crippen LogP contribution in [-0.4, -0.2) is 36.6 Å². The minimum Gasteiger partial charge on any atom is -0.493 e. The van der Waals surface area contributed by atoms with E-state index in [9.17, 15) is 4.79 Å². The Balaban J connectivity index is 1.76. The van der Waals surface area contributed by atoms with Crippen molar-refractivity contribution in [2.24, 2.45) is 0 Å². The number of fused-ring (bicyclic) bond motifs is 1. The smallest absolute Gasteiger partial charge is 0.254 e. The number of nitrogens with zero attached hydrogens (tertiary/aromatic N) is 1. The quantitative estimate of drug-likeness (QED) is 0.630. The highest BCUT2D eigenvalue weighted by atomic mass is 16.5. The van der Waals surface area contributed by atoms with E-state index in [1.54, 1.807) is 25.3 Å². The number of carbonyl (C=O) groups is 1. The SMILES string of the molecule is C#CCOc1ccc(C(=O)N2C3CCCCC32)cc1OC. The molecule has 110 valence electrons. The average Bonchev–Trinajstić information content (AvgIpc) is 3.26. The molecule has 1 aliphatic heterocycles. The standard InChI is InChI=1S/C17H19NO3/c1-3-10-21-15-9-8-12(11-16(15)20-2)17(19)18-13-6-4-5-7-14(13)18/h1,8-9,11,13-14H,4-7,10H2,2H3. The number of methoxy groups -OCH3 is 1. The van der Waals surface area contributed by atoms with Gasteiger partial charge in [-0.05, 0) is 31.0 Å². The number of ether oxygens (including phenoxy) is 2. The fourth-order valence-corrected chi connectivity index (χ4v) is 3.19. The molecule has 1 heterocycles. The van der Waals surface area contributed by atoms with Crippen LogP contribution in [0.3, 0.4) is 0 Å². The highest BCUT2D eigenvalue weighted by molar-refractivity contribution is 5.97. The number of terminal acetylenes is 1. The Bertz CT molecular complexity index is 578. The largest absolute Gasteiger partial charge is 0.493 e. The van der Waals surface area contributed by atoms with E-state index >= 15 is 0 Å². The van der Waals surface area contributed by atoms with Gasteiger partial charge in [0, 0.05) is 5.56 Å². The lowest BCUT2D eigenvalue weighted by Crippen LogP contribution is -2.14. The maximum absolute atomic E-state index is 12.6. The van der Waals surface area contributed by atoms with Gasteiger partial charge in [-0.2, -0.15) is 0 Å². The molecule has 1 saturated carbocycles. The zero-order valence-electron chi connectivity index (χ0n) is 12.2. The third-order valence-electron chi connectivity index (χ3n) is 4.27. The summed E-state index contributed by atoms with van der Waals surface area (Å²) in [6.45, 7) is 0.180. The fourth-order valence-electron chi connectivity index (χ4n) is 3.19. The Morgan fingerprint density at radius 3 is 2.67 bits per heavy atom. The van der Waals surface area contributed by atoms with Crippen molar-refractivity contribution in [2.45, 2.75) is 37.8 Å². The summed E-state index contributed by atoms with van der Waals surface area (Å²) in [6.07, 6.45) is 9.91. The summed E-state index contributed by atoms with van der Waals surface area (Å²) >= 11 is 0. The van der Waals surface area contributed by atoms with E-state index in [-0.39, 0.29) is 12.5 Å². The van der Waals surface area contributed by atoms with Crippen LogP contribution >= 0.6 is 0 Å². The normalized spacial score (nSPS) is 23.0. The summed E-state index contributed by atoms with van der Waals surface area (Å²) in [6, 6.07) is 6.17. The number of carbonyl (C=O) groups excluding carboxylic acids is 1. The summed E-state index contributed by atoms with van der Waals surface area (Å²) in [7, 11) is 1.56. The Morgan fingerprint density at radius 1 is 1.33 bits per heavy atom.